The lowest BCUT2D eigenvalue weighted by Crippen LogP contribution is -2.13. The van der Waals surface area contributed by atoms with E-state index in [0.717, 1.165) is 0 Å². The summed E-state index contributed by atoms with van der Waals surface area (Å²) in [4.78, 5) is 3.88. The smallest absolute Gasteiger partial charge is 0.273 e. The average Bonchev–Trinajstić information content (AvgIpc) is 2.50. The predicted molar refractivity (Wildman–Crippen MR) is 41.2 cm³/mol. The maximum Gasteiger partial charge on any atom is 0.273 e. The number of hydrogen-bond acceptors (Lipinski definition) is 5. The molecule has 60 valence electrons. The molecule has 1 aromatic heterocycles. The van der Waals surface area contributed by atoms with Crippen LogP contribution in [0.25, 0.3) is 0 Å². The van der Waals surface area contributed by atoms with E-state index in [1.807, 2.05) is 0 Å². The molecule has 0 radical (unpaired) electrons. The van der Waals surface area contributed by atoms with Gasteiger partial charge in [-0.05, 0) is 0 Å². The maximum atomic E-state index is 8.26. The number of oxime groups is 1. The molecule has 1 rings (SSSR count). The van der Waals surface area contributed by atoms with Crippen molar-refractivity contribution in [3.63, 3.8) is 0 Å². The van der Waals surface area contributed by atoms with Crippen LogP contribution >= 0.6 is 11.3 Å². The van der Waals surface area contributed by atoms with Crippen LogP contribution in [0.4, 0.5) is 0 Å². The summed E-state index contributed by atoms with van der Waals surface area (Å²) >= 11 is 1.29. The zero-order chi connectivity index (χ0) is 8.27. The number of amidine groups is 1. The normalized spacial score (nSPS) is 11.5. The van der Waals surface area contributed by atoms with Gasteiger partial charge in [-0.25, -0.2) is 0 Å². The molecule has 0 saturated carbocycles. The van der Waals surface area contributed by atoms with Gasteiger partial charge in [0, 0.05) is 5.38 Å². The topological polar surface area (TPSA) is 80.7 Å². The summed E-state index contributed by atoms with van der Waals surface area (Å²) in [6, 6.07) is 0. The number of ether oxygens (including phenoxy) is 1. The van der Waals surface area contributed by atoms with Gasteiger partial charge >= 0.3 is 0 Å². The van der Waals surface area contributed by atoms with E-state index in [0.29, 0.717) is 10.9 Å². The average molecular weight is 173 g/mol. The maximum absolute atomic E-state index is 8.26. The molecule has 11 heavy (non-hydrogen) atoms. The van der Waals surface area contributed by atoms with E-state index in [-0.39, 0.29) is 5.84 Å². The molecule has 1 aromatic rings. The van der Waals surface area contributed by atoms with Crippen LogP contribution < -0.4 is 10.5 Å². The van der Waals surface area contributed by atoms with E-state index in [1.54, 1.807) is 5.38 Å². The number of aromatic nitrogens is 1. The van der Waals surface area contributed by atoms with E-state index in [4.69, 9.17) is 15.7 Å². The Bertz CT molecular complexity index is 270. The molecular weight excluding hydrogens is 166 g/mol. The lowest BCUT2D eigenvalue weighted by Gasteiger charge is -1.89. The van der Waals surface area contributed by atoms with Crippen LogP contribution in [-0.2, 0) is 0 Å². The van der Waals surface area contributed by atoms with Gasteiger partial charge in [0.2, 0.25) is 0 Å². The second-order valence-corrected chi connectivity index (χ2v) is 2.51. The quantitative estimate of drug-likeness (QED) is 0.290. The van der Waals surface area contributed by atoms with Crippen LogP contribution in [0, 0.1) is 0 Å². The van der Waals surface area contributed by atoms with Gasteiger partial charge in [0.15, 0.2) is 5.84 Å². The Labute approximate surface area is 67.1 Å². The van der Waals surface area contributed by atoms with Crippen molar-refractivity contribution in [1.82, 2.24) is 4.98 Å². The van der Waals surface area contributed by atoms with Gasteiger partial charge in [0.25, 0.3) is 5.19 Å². The minimum absolute atomic E-state index is 0.00968. The van der Waals surface area contributed by atoms with Crippen LogP contribution in [0.2, 0.25) is 0 Å². The van der Waals surface area contributed by atoms with Crippen molar-refractivity contribution < 1.29 is 9.94 Å². The van der Waals surface area contributed by atoms with Gasteiger partial charge < -0.3 is 15.7 Å². The van der Waals surface area contributed by atoms with Gasteiger partial charge in [-0.1, -0.05) is 16.5 Å². The molecule has 0 aliphatic carbocycles. The molecule has 0 fully saturated rings. The van der Waals surface area contributed by atoms with E-state index < -0.39 is 0 Å². The first kappa shape index (κ1) is 7.80. The Kier molecular flexibility index (Phi) is 2.27. The predicted octanol–water partition coefficient (Wildman–Crippen LogP) is 0.246. The molecule has 0 amide bonds. The first-order valence-electron chi connectivity index (χ1n) is 2.75. The summed E-state index contributed by atoms with van der Waals surface area (Å²) in [5.74, 6) is -0.00968. The van der Waals surface area contributed by atoms with Crippen LogP contribution in [0.15, 0.2) is 10.5 Å². The summed E-state index contributed by atoms with van der Waals surface area (Å²) in [5.41, 5.74) is 5.68. The molecule has 0 atom stereocenters. The Balaban J connectivity index is 2.89. The summed E-state index contributed by atoms with van der Waals surface area (Å²) in [6.07, 6.45) is 0. The highest BCUT2D eigenvalue weighted by Crippen LogP contribution is 2.16. The summed E-state index contributed by atoms with van der Waals surface area (Å²) in [6.45, 7) is 0. The number of rotatable bonds is 2. The van der Waals surface area contributed by atoms with Crippen LogP contribution in [-0.4, -0.2) is 23.1 Å². The molecular formula is C5H7N3O2S. The minimum atomic E-state index is -0.00968. The fraction of sp³-hybridized carbons (Fsp3) is 0.200. The number of thiazole rings is 1. The Morgan fingerprint density at radius 1 is 1.91 bits per heavy atom. The fourth-order valence-electron chi connectivity index (χ4n) is 0.520. The first-order valence-corrected chi connectivity index (χ1v) is 3.63. The third kappa shape index (κ3) is 1.58. The Hall–Kier alpha value is -1.30. The third-order valence-corrected chi connectivity index (χ3v) is 1.83. The standard InChI is InChI=1S/C5H7N3O2S/c1-10-5-7-3(2-11-5)4(6)8-9/h2,9H,1H3,(H2,6,8). The van der Waals surface area contributed by atoms with Gasteiger partial charge in [-0.15, -0.1) is 0 Å². The zero-order valence-corrected chi connectivity index (χ0v) is 6.63. The van der Waals surface area contributed by atoms with E-state index in [9.17, 15) is 0 Å². The lowest BCUT2D eigenvalue weighted by molar-refractivity contribution is 0.318. The van der Waals surface area contributed by atoms with Crippen molar-refractivity contribution in [2.75, 3.05) is 7.11 Å². The molecule has 6 heteroatoms. The van der Waals surface area contributed by atoms with Gasteiger partial charge in [-0.3, -0.25) is 0 Å². The van der Waals surface area contributed by atoms with Crippen molar-refractivity contribution in [2.24, 2.45) is 10.9 Å². The highest BCUT2D eigenvalue weighted by molar-refractivity contribution is 7.11. The van der Waals surface area contributed by atoms with E-state index in [1.165, 1.54) is 18.4 Å². The molecule has 1 heterocycles. The van der Waals surface area contributed by atoms with Gasteiger partial charge in [0.1, 0.15) is 5.69 Å². The highest BCUT2D eigenvalue weighted by Gasteiger charge is 2.04. The molecule has 3 N–H and O–H groups in total. The number of methoxy groups -OCH3 is 1. The van der Waals surface area contributed by atoms with Crippen LogP contribution in [0.3, 0.4) is 0 Å². The molecule has 0 aliphatic rings. The molecule has 0 aromatic carbocycles. The molecule has 5 nitrogen and oxygen atoms in total. The third-order valence-electron chi connectivity index (χ3n) is 1.03. The second-order valence-electron chi connectivity index (χ2n) is 1.69. The number of hydrogen-bond donors (Lipinski definition) is 2. The molecule has 0 spiro atoms. The number of nitrogens with zero attached hydrogens (tertiary/aromatic N) is 2. The van der Waals surface area contributed by atoms with Crippen molar-refractivity contribution in [3.8, 4) is 5.19 Å². The summed E-state index contributed by atoms with van der Waals surface area (Å²) in [7, 11) is 1.51. The Morgan fingerprint density at radius 2 is 2.64 bits per heavy atom. The van der Waals surface area contributed by atoms with Crippen LogP contribution in [0.1, 0.15) is 5.69 Å². The molecule has 0 saturated heterocycles. The molecule has 0 unspecified atom stereocenters. The van der Waals surface area contributed by atoms with Crippen molar-refractivity contribution in [2.45, 2.75) is 0 Å². The highest BCUT2D eigenvalue weighted by atomic mass is 32.1. The molecule has 0 aliphatic heterocycles. The first-order chi connectivity index (χ1) is 5.27. The number of nitrogens with two attached hydrogens (primary N) is 1. The van der Waals surface area contributed by atoms with Gasteiger partial charge in [-0.2, -0.15) is 4.98 Å². The van der Waals surface area contributed by atoms with E-state index in [2.05, 4.69) is 10.1 Å². The lowest BCUT2D eigenvalue weighted by atomic mass is 10.5. The zero-order valence-electron chi connectivity index (χ0n) is 5.81. The largest absolute Gasteiger partial charge is 0.473 e. The van der Waals surface area contributed by atoms with Crippen molar-refractivity contribution in [1.29, 1.82) is 0 Å². The van der Waals surface area contributed by atoms with E-state index >= 15 is 0 Å². The summed E-state index contributed by atoms with van der Waals surface area (Å²) < 4.78 is 4.80. The van der Waals surface area contributed by atoms with Crippen LogP contribution in [0.5, 0.6) is 5.19 Å². The van der Waals surface area contributed by atoms with Crippen molar-refractivity contribution in [3.05, 3.63) is 11.1 Å². The van der Waals surface area contributed by atoms with Gasteiger partial charge in [0.05, 0.1) is 7.11 Å². The SMILES string of the molecule is COc1nc(/C(N)=N\O)cs1. The molecule has 0 bridgehead atoms. The monoisotopic (exact) mass is 173 g/mol. The second kappa shape index (κ2) is 3.20. The summed E-state index contributed by atoms with van der Waals surface area (Å²) in [5, 5.41) is 13.2. The Morgan fingerprint density at radius 3 is 3.09 bits per heavy atom. The van der Waals surface area contributed by atoms with Crippen molar-refractivity contribution >= 4 is 17.2 Å². The minimum Gasteiger partial charge on any atom is -0.473 e. The fourth-order valence-corrected chi connectivity index (χ4v) is 1.15.